The lowest BCUT2D eigenvalue weighted by Gasteiger charge is -2.03. The molecule has 4 heteroatoms. The van der Waals surface area contributed by atoms with E-state index in [-0.39, 0.29) is 0 Å². The van der Waals surface area contributed by atoms with Gasteiger partial charge in [-0.1, -0.05) is 42.1 Å². The number of hydrogen-bond donors (Lipinski definition) is 0. The third-order valence-corrected chi connectivity index (χ3v) is 3.73. The molecule has 0 aliphatic rings. The van der Waals surface area contributed by atoms with Crippen molar-refractivity contribution in [3.63, 3.8) is 0 Å². The van der Waals surface area contributed by atoms with Gasteiger partial charge in [-0.05, 0) is 23.8 Å². The average Bonchev–Trinajstić information content (AvgIpc) is 2.55. The van der Waals surface area contributed by atoms with Crippen molar-refractivity contribution < 1.29 is 0 Å². The highest BCUT2D eigenvalue weighted by atomic mass is 32.2. The molecule has 0 atom stereocenters. The van der Waals surface area contributed by atoms with E-state index in [1.165, 1.54) is 5.56 Å². The second-order valence-corrected chi connectivity index (χ2v) is 5.18. The van der Waals surface area contributed by atoms with E-state index in [1.54, 1.807) is 24.2 Å². The van der Waals surface area contributed by atoms with E-state index in [0.29, 0.717) is 0 Å². The van der Waals surface area contributed by atoms with E-state index in [0.717, 1.165) is 22.2 Å². The predicted molar refractivity (Wildman–Crippen MR) is 81.3 cm³/mol. The summed E-state index contributed by atoms with van der Waals surface area (Å²) in [7, 11) is 0. The van der Waals surface area contributed by atoms with Gasteiger partial charge in [-0.25, -0.2) is 9.97 Å². The predicted octanol–water partition coefficient (Wildman–Crippen LogP) is 3.83. The zero-order valence-electron chi connectivity index (χ0n) is 10.8. The van der Waals surface area contributed by atoms with E-state index in [4.69, 9.17) is 0 Å². The second kappa shape index (κ2) is 6.30. The molecule has 0 N–H and O–H groups in total. The molecule has 0 saturated heterocycles. The molecule has 0 aliphatic heterocycles. The standard InChI is InChI=1S/C16H13N3S/c1-2-5-13(6-3-1)12-20-16-18-10-8-15(19-16)14-7-4-9-17-11-14/h1-11H,12H2. The smallest absolute Gasteiger partial charge is 0.188 e. The molecule has 20 heavy (non-hydrogen) atoms. The summed E-state index contributed by atoms with van der Waals surface area (Å²) >= 11 is 1.64. The largest absolute Gasteiger partial charge is 0.264 e. The molecule has 98 valence electrons. The van der Waals surface area contributed by atoms with Crippen LogP contribution in [0, 0.1) is 0 Å². The summed E-state index contributed by atoms with van der Waals surface area (Å²) in [5, 5.41) is 0.787. The molecule has 3 rings (SSSR count). The Hall–Kier alpha value is -2.20. The molecule has 0 unspecified atom stereocenters. The highest BCUT2D eigenvalue weighted by Gasteiger charge is 2.03. The summed E-state index contributed by atoms with van der Waals surface area (Å²) in [6.45, 7) is 0. The van der Waals surface area contributed by atoms with Crippen LogP contribution in [0.1, 0.15) is 5.56 Å². The van der Waals surface area contributed by atoms with Crippen LogP contribution in [-0.2, 0) is 5.75 Å². The molecule has 3 nitrogen and oxygen atoms in total. The second-order valence-electron chi connectivity index (χ2n) is 4.24. The van der Waals surface area contributed by atoms with Gasteiger partial charge in [-0.15, -0.1) is 0 Å². The van der Waals surface area contributed by atoms with E-state index in [9.17, 15) is 0 Å². The number of aromatic nitrogens is 3. The lowest BCUT2D eigenvalue weighted by Crippen LogP contribution is -1.90. The summed E-state index contributed by atoms with van der Waals surface area (Å²) in [6, 6.07) is 16.1. The number of rotatable bonds is 4. The Morgan fingerprint density at radius 2 is 1.80 bits per heavy atom. The fraction of sp³-hybridized carbons (Fsp3) is 0.0625. The fourth-order valence-corrected chi connectivity index (χ4v) is 2.59. The maximum atomic E-state index is 4.57. The van der Waals surface area contributed by atoms with Gasteiger partial charge in [0.1, 0.15) is 0 Å². The van der Waals surface area contributed by atoms with Crippen LogP contribution in [0.15, 0.2) is 72.3 Å². The maximum Gasteiger partial charge on any atom is 0.188 e. The molecule has 3 aromatic rings. The lowest BCUT2D eigenvalue weighted by molar-refractivity contribution is 0.971. The van der Waals surface area contributed by atoms with E-state index in [1.807, 2.05) is 42.6 Å². The Kier molecular flexibility index (Phi) is 4.04. The topological polar surface area (TPSA) is 38.7 Å². The lowest BCUT2D eigenvalue weighted by atomic mass is 10.2. The number of nitrogens with zero attached hydrogens (tertiary/aromatic N) is 3. The van der Waals surface area contributed by atoms with Crippen LogP contribution in [0.4, 0.5) is 0 Å². The van der Waals surface area contributed by atoms with E-state index >= 15 is 0 Å². The first kappa shape index (κ1) is 12.8. The molecule has 2 heterocycles. The average molecular weight is 279 g/mol. The SMILES string of the molecule is c1ccc(CSc2nccc(-c3cccnc3)n2)cc1. The van der Waals surface area contributed by atoms with Crippen molar-refractivity contribution in [3.8, 4) is 11.3 Å². The minimum Gasteiger partial charge on any atom is -0.264 e. The van der Waals surface area contributed by atoms with Gasteiger partial charge < -0.3 is 0 Å². The first-order valence-electron chi connectivity index (χ1n) is 6.32. The number of thioether (sulfide) groups is 1. The summed E-state index contributed by atoms with van der Waals surface area (Å²) in [4.78, 5) is 13.0. The highest BCUT2D eigenvalue weighted by molar-refractivity contribution is 7.98. The molecular weight excluding hydrogens is 266 g/mol. The minimum absolute atomic E-state index is 0.787. The Morgan fingerprint density at radius 1 is 0.900 bits per heavy atom. The first-order chi connectivity index (χ1) is 9.92. The van der Waals surface area contributed by atoms with Crippen LogP contribution in [-0.4, -0.2) is 15.0 Å². The van der Waals surface area contributed by atoms with Gasteiger partial charge in [0.2, 0.25) is 0 Å². The molecule has 2 aromatic heterocycles. The van der Waals surface area contributed by atoms with Gasteiger partial charge in [0.15, 0.2) is 5.16 Å². The normalized spacial score (nSPS) is 10.4. The van der Waals surface area contributed by atoms with Crippen molar-refractivity contribution in [2.45, 2.75) is 10.9 Å². The van der Waals surface area contributed by atoms with Crippen LogP contribution in [0.5, 0.6) is 0 Å². The third-order valence-electron chi connectivity index (χ3n) is 2.80. The summed E-state index contributed by atoms with van der Waals surface area (Å²) in [5.41, 5.74) is 3.19. The summed E-state index contributed by atoms with van der Waals surface area (Å²) in [5.74, 6) is 0.872. The van der Waals surface area contributed by atoms with Crippen LogP contribution in [0.2, 0.25) is 0 Å². The minimum atomic E-state index is 0.787. The quantitative estimate of drug-likeness (QED) is 0.537. The molecule has 0 bridgehead atoms. The summed E-state index contributed by atoms with van der Waals surface area (Å²) in [6.07, 6.45) is 5.37. The zero-order valence-corrected chi connectivity index (χ0v) is 11.6. The molecule has 0 spiro atoms. The first-order valence-corrected chi connectivity index (χ1v) is 7.30. The molecule has 0 aliphatic carbocycles. The molecule has 1 aromatic carbocycles. The molecular formula is C16H13N3S. The van der Waals surface area contributed by atoms with Gasteiger partial charge in [0, 0.05) is 29.9 Å². The van der Waals surface area contributed by atoms with Crippen LogP contribution < -0.4 is 0 Å². The van der Waals surface area contributed by atoms with Gasteiger partial charge in [-0.3, -0.25) is 4.98 Å². The zero-order chi connectivity index (χ0) is 13.6. The van der Waals surface area contributed by atoms with Gasteiger partial charge >= 0.3 is 0 Å². The van der Waals surface area contributed by atoms with Crippen molar-refractivity contribution >= 4 is 11.8 Å². The van der Waals surface area contributed by atoms with Crippen molar-refractivity contribution in [3.05, 3.63) is 72.7 Å². The molecule has 0 amide bonds. The Bertz CT molecular complexity index is 672. The van der Waals surface area contributed by atoms with Gasteiger partial charge in [0.05, 0.1) is 5.69 Å². The maximum absolute atomic E-state index is 4.57. The van der Waals surface area contributed by atoms with Gasteiger partial charge in [-0.2, -0.15) is 0 Å². The third kappa shape index (κ3) is 3.22. The van der Waals surface area contributed by atoms with E-state index in [2.05, 4.69) is 27.1 Å². The number of benzene rings is 1. The fourth-order valence-electron chi connectivity index (χ4n) is 1.81. The van der Waals surface area contributed by atoms with Crippen LogP contribution in [0.3, 0.4) is 0 Å². The Labute approximate surface area is 122 Å². The molecule has 0 fully saturated rings. The van der Waals surface area contributed by atoms with Crippen LogP contribution >= 0.6 is 11.8 Å². The van der Waals surface area contributed by atoms with Crippen molar-refractivity contribution in [2.24, 2.45) is 0 Å². The highest BCUT2D eigenvalue weighted by Crippen LogP contribution is 2.22. The number of pyridine rings is 1. The Morgan fingerprint density at radius 3 is 2.60 bits per heavy atom. The monoisotopic (exact) mass is 279 g/mol. The number of hydrogen-bond acceptors (Lipinski definition) is 4. The van der Waals surface area contributed by atoms with Gasteiger partial charge in [0.25, 0.3) is 0 Å². The van der Waals surface area contributed by atoms with Crippen molar-refractivity contribution in [2.75, 3.05) is 0 Å². The molecule has 0 saturated carbocycles. The Balaban J connectivity index is 1.75. The van der Waals surface area contributed by atoms with E-state index < -0.39 is 0 Å². The summed E-state index contributed by atoms with van der Waals surface area (Å²) < 4.78 is 0. The van der Waals surface area contributed by atoms with Crippen molar-refractivity contribution in [1.82, 2.24) is 15.0 Å². The van der Waals surface area contributed by atoms with Crippen LogP contribution in [0.25, 0.3) is 11.3 Å². The van der Waals surface area contributed by atoms with Crippen molar-refractivity contribution in [1.29, 1.82) is 0 Å². The molecule has 0 radical (unpaired) electrons.